The summed E-state index contributed by atoms with van der Waals surface area (Å²) in [5, 5.41) is 3.25. The first-order valence-electron chi connectivity index (χ1n) is 10.0. The van der Waals surface area contributed by atoms with Crippen molar-refractivity contribution in [2.24, 2.45) is 0 Å². The summed E-state index contributed by atoms with van der Waals surface area (Å²) >= 11 is 0. The predicted molar refractivity (Wildman–Crippen MR) is 115 cm³/mol. The number of urea groups is 1. The van der Waals surface area contributed by atoms with Crippen LogP contribution in [0.4, 0.5) is 4.79 Å². The fraction of sp³-hybridized carbons (Fsp3) is 0.240. The molecule has 1 aliphatic heterocycles. The van der Waals surface area contributed by atoms with E-state index in [9.17, 15) is 4.79 Å². The number of nitrogens with zero attached hydrogens (tertiary/aromatic N) is 1. The SMILES string of the molecule is COc1ccc(C2CCN(C(=O)NC(c3ccccc3)c3ccccc3)C2)cc1. The van der Waals surface area contributed by atoms with Crippen LogP contribution in [0.2, 0.25) is 0 Å². The Bertz CT molecular complexity index is 887. The first-order chi connectivity index (χ1) is 14.2. The van der Waals surface area contributed by atoms with Gasteiger partial charge in [0.25, 0.3) is 0 Å². The van der Waals surface area contributed by atoms with E-state index in [1.807, 2.05) is 53.4 Å². The number of carbonyl (C=O) groups is 1. The van der Waals surface area contributed by atoms with E-state index < -0.39 is 0 Å². The van der Waals surface area contributed by atoms with Crippen molar-refractivity contribution in [1.82, 2.24) is 10.2 Å². The fourth-order valence-electron chi connectivity index (χ4n) is 3.96. The third kappa shape index (κ3) is 4.43. The lowest BCUT2D eigenvalue weighted by molar-refractivity contribution is 0.205. The minimum atomic E-state index is -0.162. The molecule has 148 valence electrons. The second kappa shape index (κ2) is 8.82. The molecule has 1 unspecified atom stereocenters. The van der Waals surface area contributed by atoms with Gasteiger partial charge in [0.1, 0.15) is 5.75 Å². The van der Waals surface area contributed by atoms with Crippen LogP contribution in [0.15, 0.2) is 84.9 Å². The summed E-state index contributed by atoms with van der Waals surface area (Å²) in [5.41, 5.74) is 3.42. The Labute approximate surface area is 172 Å². The van der Waals surface area contributed by atoms with Crippen LogP contribution >= 0.6 is 0 Å². The molecule has 2 amide bonds. The Hall–Kier alpha value is -3.27. The third-order valence-electron chi connectivity index (χ3n) is 5.60. The van der Waals surface area contributed by atoms with Gasteiger partial charge in [-0.05, 0) is 35.2 Å². The van der Waals surface area contributed by atoms with Crippen molar-refractivity contribution in [1.29, 1.82) is 0 Å². The lowest BCUT2D eigenvalue weighted by atomic mass is 9.98. The number of benzene rings is 3. The fourth-order valence-corrected chi connectivity index (χ4v) is 3.96. The van der Waals surface area contributed by atoms with Gasteiger partial charge in [-0.25, -0.2) is 4.79 Å². The van der Waals surface area contributed by atoms with E-state index in [0.717, 1.165) is 36.4 Å². The molecule has 0 radical (unpaired) electrons. The molecule has 29 heavy (non-hydrogen) atoms. The Morgan fingerprint density at radius 1 is 0.931 bits per heavy atom. The molecule has 1 saturated heterocycles. The number of hydrogen-bond acceptors (Lipinski definition) is 2. The number of carbonyl (C=O) groups excluding carboxylic acids is 1. The lowest BCUT2D eigenvalue weighted by Gasteiger charge is -2.24. The molecule has 0 bridgehead atoms. The molecule has 0 saturated carbocycles. The summed E-state index contributed by atoms with van der Waals surface area (Å²) < 4.78 is 5.24. The molecule has 1 fully saturated rings. The van der Waals surface area contributed by atoms with Gasteiger partial charge in [0.15, 0.2) is 0 Å². The van der Waals surface area contributed by atoms with Gasteiger partial charge in [-0.2, -0.15) is 0 Å². The smallest absolute Gasteiger partial charge is 0.318 e. The Morgan fingerprint density at radius 3 is 2.07 bits per heavy atom. The van der Waals surface area contributed by atoms with Crippen LogP contribution in [0.3, 0.4) is 0 Å². The summed E-state index contributed by atoms with van der Waals surface area (Å²) in [4.78, 5) is 15.0. The van der Waals surface area contributed by atoms with Crippen molar-refractivity contribution >= 4 is 6.03 Å². The van der Waals surface area contributed by atoms with Crippen LogP contribution in [0.25, 0.3) is 0 Å². The van der Waals surface area contributed by atoms with E-state index in [1.54, 1.807) is 7.11 Å². The number of methoxy groups -OCH3 is 1. The molecule has 1 aliphatic rings. The van der Waals surface area contributed by atoms with Gasteiger partial charge in [0, 0.05) is 19.0 Å². The summed E-state index contributed by atoms with van der Waals surface area (Å²) in [6.45, 7) is 1.49. The number of nitrogens with one attached hydrogen (secondary N) is 1. The first kappa shape index (κ1) is 19.1. The Morgan fingerprint density at radius 2 is 1.52 bits per heavy atom. The van der Waals surface area contributed by atoms with Crippen LogP contribution in [0, 0.1) is 0 Å². The van der Waals surface area contributed by atoms with Crippen LogP contribution in [0.1, 0.15) is 35.1 Å². The van der Waals surface area contributed by atoms with Crippen molar-refractivity contribution in [3.05, 3.63) is 102 Å². The van der Waals surface area contributed by atoms with Crippen molar-refractivity contribution < 1.29 is 9.53 Å². The van der Waals surface area contributed by atoms with Crippen molar-refractivity contribution in [2.75, 3.05) is 20.2 Å². The monoisotopic (exact) mass is 386 g/mol. The summed E-state index contributed by atoms with van der Waals surface area (Å²) in [6.07, 6.45) is 0.973. The normalized spacial score (nSPS) is 16.1. The minimum absolute atomic E-state index is 0.0151. The molecule has 0 aliphatic carbocycles. The lowest BCUT2D eigenvalue weighted by Crippen LogP contribution is -2.40. The van der Waals surface area contributed by atoms with E-state index in [2.05, 4.69) is 41.7 Å². The van der Waals surface area contributed by atoms with E-state index in [-0.39, 0.29) is 12.1 Å². The van der Waals surface area contributed by atoms with E-state index in [1.165, 1.54) is 5.56 Å². The predicted octanol–water partition coefficient (Wildman–Crippen LogP) is 4.98. The van der Waals surface area contributed by atoms with Crippen LogP contribution < -0.4 is 10.1 Å². The van der Waals surface area contributed by atoms with Gasteiger partial charge >= 0.3 is 6.03 Å². The van der Waals surface area contributed by atoms with Gasteiger partial charge in [-0.1, -0.05) is 72.8 Å². The average Bonchev–Trinajstić information content (AvgIpc) is 3.29. The Kier molecular flexibility index (Phi) is 5.80. The topological polar surface area (TPSA) is 41.6 Å². The maximum absolute atomic E-state index is 13.1. The highest BCUT2D eigenvalue weighted by atomic mass is 16.5. The number of rotatable bonds is 5. The zero-order valence-electron chi connectivity index (χ0n) is 16.6. The van der Waals surface area contributed by atoms with Crippen LogP contribution in [-0.4, -0.2) is 31.1 Å². The summed E-state index contributed by atoms with van der Waals surface area (Å²) in [6, 6.07) is 28.2. The zero-order chi connectivity index (χ0) is 20.1. The number of likely N-dealkylation sites (tertiary alicyclic amines) is 1. The van der Waals surface area contributed by atoms with Gasteiger partial charge in [0.05, 0.1) is 13.2 Å². The molecule has 3 aromatic rings. The van der Waals surface area contributed by atoms with Gasteiger partial charge in [-0.3, -0.25) is 0 Å². The Balaban J connectivity index is 1.47. The molecule has 1 atom stereocenters. The highest BCUT2D eigenvalue weighted by molar-refractivity contribution is 5.75. The van der Waals surface area contributed by atoms with E-state index in [0.29, 0.717) is 5.92 Å². The van der Waals surface area contributed by atoms with Gasteiger partial charge in [-0.15, -0.1) is 0 Å². The number of hydrogen-bond donors (Lipinski definition) is 1. The van der Waals surface area contributed by atoms with Crippen molar-refractivity contribution in [3.8, 4) is 5.75 Å². The standard InChI is InChI=1S/C25H26N2O2/c1-29-23-14-12-19(13-15-23)22-16-17-27(18-22)25(28)26-24(20-8-4-2-5-9-20)21-10-6-3-7-11-21/h2-15,22,24H,16-18H2,1H3,(H,26,28). The van der Waals surface area contributed by atoms with Crippen LogP contribution in [-0.2, 0) is 0 Å². The maximum atomic E-state index is 13.1. The number of ether oxygens (including phenoxy) is 1. The molecular weight excluding hydrogens is 360 g/mol. The molecule has 3 aromatic carbocycles. The maximum Gasteiger partial charge on any atom is 0.318 e. The molecule has 0 spiro atoms. The molecular formula is C25H26N2O2. The van der Waals surface area contributed by atoms with E-state index >= 15 is 0 Å². The number of amides is 2. The first-order valence-corrected chi connectivity index (χ1v) is 10.0. The quantitative estimate of drug-likeness (QED) is 0.672. The largest absolute Gasteiger partial charge is 0.497 e. The van der Waals surface area contributed by atoms with Crippen molar-refractivity contribution in [3.63, 3.8) is 0 Å². The third-order valence-corrected chi connectivity index (χ3v) is 5.60. The second-order valence-electron chi connectivity index (χ2n) is 7.41. The average molecular weight is 386 g/mol. The molecule has 4 nitrogen and oxygen atoms in total. The van der Waals surface area contributed by atoms with E-state index in [4.69, 9.17) is 4.74 Å². The second-order valence-corrected chi connectivity index (χ2v) is 7.41. The summed E-state index contributed by atoms with van der Waals surface area (Å²) in [7, 11) is 1.67. The van der Waals surface area contributed by atoms with Gasteiger partial charge in [0.2, 0.25) is 0 Å². The minimum Gasteiger partial charge on any atom is -0.497 e. The molecule has 4 rings (SSSR count). The zero-order valence-corrected chi connectivity index (χ0v) is 16.6. The molecule has 4 heteroatoms. The molecule has 0 aromatic heterocycles. The highest BCUT2D eigenvalue weighted by Crippen LogP contribution is 2.29. The van der Waals surface area contributed by atoms with Crippen LogP contribution in [0.5, 0.6) is 5.75 Å². The molecule has 1 N–H and O–H groups in total. The molecule has 1 heterocycles. The highest BCUT2D eigenvalue weighted by Gasteiger charge is 2.29. The van der Waals surface area contributed by atoms with Gasteiger partial charge < -0.3 is 15.0 Å². The van der Waals surface area contributed by atoms with Crippen molar-refractivity contribution in [2.45, 2.75) is 18.4 Å². The summed E-state index contributed by atoms with van der Waals surface area (Å²) in [5.74, 6) is 1.22.